The van der Waals surface area contributed by atoms with Gasteiger partial charge in [0.2, 0.25) is 5.91 Å². The third kappa shape index (κ3) is 63.8. The summed E-state index contributed by atoms with van der Waals surface area (Å²) in [5.41, 5.74) is 0. The van der Waals surface area contributed by atoms with Crippen molar-refractivity contribution in [2.75, 3.05) is 13.2 Å². The summed E-state index contributed by atoms with van der Waals surface area (Å²) in [6, 6.07) is -0.542. The van der Waals surface area contributed by atoms with E-state index in [0.29, 0.717) is 25.9 Å². The number of esters is 1. The van der Waals surface area contributed by atoms with Crippen LogP contribution in [0.4, 0.5) is 0 Å². The van der Waals surface area contributed by atoms with Gasteiger partial charge in [-0.1, -0.05) is 360 Å². The lowest BCUT2D eigenvalue weighted by molar-refractivity contribution is -0.143. The number of aliphatic hydroxyl groups excluding tert-OH is 2. The maximum atomic E-state index is 12.6. The maximum Gasteiger partial charge on any atom is 0.305 e. The molecule has 0 bridgehead atoms. The summed E-state index contributed by atoms with van der Waals surface area (Å²) >= 11 is 0. The van der Waals surface area contributed by atoms with E-state index in [1.807, 2.05) is 0 Å². The van der Waals surface area contributed by atoms with E-state index in [-0.39, 0.29) is 18.5 Å². The van der Waals surface area contributed by atoms with Gasteiger partial charge in [0.25, 0.3) is 0 Å². The Kier molecular flexibility index (Phi) is 66.9. The van der Waals surface area contributed by atoms with Gasteiger partial charge in [-0.05, 0) is 51.4 Å². The van der Waals surface area contributed by atoms with Crippen LogP contribution in [0.5, 0.6) is 0 Å². The zero-order chi connectivity index (χ0) is 56.4. The van der Waals surface area contributed by atoms with Gasteiger partial charge in [0.05, 0.1) is 25.4 Å². The molecule has 2 unspecified atom stereocenters. The summed E-state index contributed by atoms with van der Waals surface area (Å²) in [6.45, 7) is 4.99. The first-order chi connectivity index (χ1) is 38.5. The number of aliphatic hydroxyl groups is 2. The fourth-order valence-corrected chi connectivity index (χ4v) is 11.6. The van der Waals surface area contributed by atoms with Crippen LogP contribution in [-0.2, 0) is 14.3 Å². The summed E-state index contributed by atoms with van der Waals surface area (Å²) in [6.07, 6.45) is 84.0. The Bertz CT molecular complexity index is 1180. The number of hydrogen-bond acceptors (Lipinski definition) is 5. The Morgan fingerprint density at radius 2 is 0.603 bits per heavy atom. The molecular formula is C72H141NO5. The van der Waals surface area contributed by atoms with Crippen molar-refractivity contribution in [3.05, 3.63) is 12.2 Å². The van der Waals surface area contributed by atoms with Gasteiger partial charge < -0.3 is 20.3 Å². The number of unbranched alkanes of at least 4 members (excludes halogenated alkanes) is 55. The van der Waals surface area contributed by atoms with Gasteiger partial charge in [0.1, 0.15) is 0 Å². The Labute approximate surface area is 489 Å². The fraction of sp³-hybridized carbons (Fsp3) is 0.944. The second kappa shape index (κ2) is 68.1. The molecule has 0 radical (unpaired) electrons. The third-order valence-electron chi connectivity index (χ3n) is 17.1. The minimum Gasteiger partial charge on any atom is -0.466 e. The van der Waals surface area contributed by atoms with Gasteiger partial charge in [-0.15, -0.1) is 0 Å². The van der Waals surface area contributed by atoms with Crippen molar-refractivity contribution in [1.82, 2.24) is 5.32 Å². The SMILES string of the molecule is CCCCCCCCC/C=C\CCCCCCCC(=O)OCCCCCCCCCCCCCCCCCCCCCCCCCC(=O)NC(CO)C(O)CCCCCCCCCCCCCCCCCCCCCCCC. The van der Waals surface area contributed by atoms with Crippen LogP contribution >= 0.6 is 0 Å². The second-order valence-electron chi connectivity index (χ2n) is 24.9. The lowest BCUT2D eigenvalue weighted by Gasteiger charge is -2.22. The number of carbonyl (C=O) groups excluding carboxylic acids is 2. The molecule has 0 aliphatic rings. The van der Waals surface area contributed by atoms with Gasteiger partial charge in [0, 0.05) is 12.8 Å². The highest BCUT2D eigenvalue weighted by Gasteiger charge is 2.20. The van der Waals surface area contributed by atoms with Crippen LogP contribution < -0.4 is 5.32 Å². The van der Waals surface area contributed by atoms with Gasteiger partial charge in [-0.2, -0.15) is 0 Å². The molecule has 0 heterocycles. The molecule has 3 N–H and O–H groups in total. The lowest BCUT2D eigenvalue weighted by Crippen LogP contribution is -2.45. The summed E-state index contributed by atoms with van der Waals surface area (Å²) in [5.74, 6) is -0.0210. The molecular weight excluding hydrogens is 959 g/mol. The molecule has 0 aliphatic heterocycles. The number of hydrogen-bond donors (Lipinski definition) is 3. The molecule has 0 aromatic heterocycles. The Morgan fingerprint density at radius 1 is 0.346 bits per heavy atom. The topological polar surface area (TPSA) is 95.9 Å². The molecule has 0 spiro atoms. The standard InChI is InChI=1S/C72H141NO5/c1-3-5-7-9-11-13-15-17-19-21-22-23-27-30-33-36-40-44-48-52-56-60-64-70(75)69(68-74)73-71(76)65-61-57-53-49-45-41-37-34-31-28-25-24-26-29-32-35-39-43-47-51-55-59-63-67-78-72(77)66-62-58-54-50-46-42-38-20-18-16-14-12-10-8-6-4-2/h20,38,69-70,74-75H,3-19,21-37,39-68H2,1-2H3,(H,73,76)/b38-20-. The van der Waals surface area contributed by atoms with Crippen LogP contribution in [0, 0.1) is 0 Å². The van der Waals surface area contributed by atoms with E-state index < -0.39 is 12.1 Å². The van der Waals surface area contributed by atoms with Crippen molar-refractivity contribution >= 4 is 11.9 Å². The summed E-state index contributed by atoms with van der Waals surface area (Å²) < 4.78 is 5.50. The van der Waals surface area contributed by atoms with Crippen LogP contribution in [0.25, 0.3) is 0 Å². The molecule has 0 aromatic rings. The number of nitrogens with one attached hydrogen (secondary N) is 1. The molecule has 2 atom stereocenters. The minimum atomic E-state index is -0.665. The normalized spacial score (nSPS) is 12.5. The Morgan fingerprint density at radius 3 is 0.910 bits per heavy atom. The van der Waals surface area contributed by atoms with Crippen LogP contribution in [0.1, 0.15) is 412 Å². The fourth-order valence-electron chi connectivity index (χ4n) is 11.6. The van der Waals surface area contributed by atoms with Crippen LogP contribution in [0.3, 0.4) is 0 Å². The predicted molar refractivity (Wildman–Crippen MR) is 343 cm³/mol. The van der Waals surface area contributed by atoms with E-state index in [9.17, 15) is 19.8 Å². The number of amides is 1. The first kappa shape index (κ1) is 76.6. The van der Waals surface area contributed by atoms with Crippen molar-refractivity contribution in [2.24, 2.45) is 0 Å². The third-order valence-corrected chi connectivity index (χ3v) is 17.1. The predicted octanol–water partition coefficient (Wildman–Crippen LogP) is 23.1. The zero-order valence-electron chi connectivity index (χ0n) is 53.2. The summed E-state index contributed by atoms with van der Waals surface area (Å²) in [4.78, 5) is 24.6. The Balaban J connectivity index is 3.37. The van der Waals surface area contributed by atoms with Crippen LogP contribution in [-0.4, -0.2) is 47.4 Å². The van der Waals surface area contributed by atoms with Crippen molar-refractivity contribution in [3.8, 4) is 0 Å². The monoisotopic (exact) mass is 1100 g/mol. The molecule has 78 heavy (non-hydrogen) atoms. The van der Waals surface area contributed by atoms with E-state index in [1.54, 1.807) is 0 Å². The van der Waals surface area contributed by atoms with Crippen LogP contribution in [0.2, 0.25) is 0 Å². The van der Waals surface area contributed by atoms with E-state index in [4.69, 9.17) is 4.74 Å². The Hall–Kier alpha value is -1.40. The average Bonchev–Trinajstić information content (AvgIpc) is 3.44. The highest BCUT2D eigenvalue weighted by molar-refractivity contribution is 5.76. The molecule has 464 valence electrons. The number of carbonyl (C=O) groups is 2. The minimum absolute atomic E-state index is 0.00837. The van der Waals surface area contributed by atoms with E-state index in [0.717, 1.165) is 44.9 Å². The first-order valence-electron chi connectivity index (χ1n) is 35.9. The molecule has 0 rings (SSSR count). The van der Waals surface area contributed by atoms with E-state index >= 15 is 0 Å². The van der Waals surface area contributed by atoms with Crippen molar-refractivity contribution < 1.29 is 24.5 Å². The van der Waals surface area contributed by atoms with E-state index in [2.05, 4.69) is 31.3 Å². The molecule has 0 fully saturated rings. The smallest absolute Gasteiger partial charge is 0.305 e. The molecule has 0 saturated carbocycles. The molecule has 0 saturated heterocycles. The summed E-state index contributed by atoms with van der Waals surface area (Å²) in [7, 11) is 0. The number of allylic oxidation sites excluding steroid dienone is 2. The highest BCUT2D eigenvalue weighted by Crippen LogP contribution is 2.19. The molecule has 0 aliphatic carbocycles. The van der Waals surface area contributed by atoms with Gasteiger partial charge >= 0.3 is 5.97 Å². The largest absolute Gasteiger partial charge is 0.466 e. The molecule has 6 heteroatoms. The quantitative estimate of drug-likeness (QED) is 0.0320. The van der Waals surface area contributed by atoms with Crippen molar-refractivity contribution in [3.63, 3.8) is 0 Å². The van der Waals surface area contributed by atoms with E-state index in [1.165, 1.54) is 334 Å². The molecule has 1 amide bonds. The summed E-state index contributed by atoms with van der Waals surface area (Å²) in [5, 5.41) is 23.4. The van der Waals surface area contributed by atoms with Gasteiger partial charge in [-0.3, -0.25) is 9.59 Å². The number of ether oxygens (including phenoxy) is 1. The first-order valence-corrected chi connectivity index (χ1v) is 35.9. The van der Waals surface area contributed by atoms with Crippen molar-refractivity contribution in [2.45, 2.75) is 424 Å². The van der Waals surface area contributed by atoms with Gasteiger partial charge in [-0.25, -0.2) is 0 Å². The van der Waals surface area contributed by atoms with Crippen molar-refractivity contribution in [1.29, 1.82) is 0 Å². The second-order valence-corrected chi connectivity index (χ2v) is 24.9. The zero-order valence-corrected chi connectivity index (χ0v) is 53.2. The lowest BCUT2D eigenvalue weighted by atomic mass is 10.0. The van der Waals surface area contributed by atoms with Gasteiger partial charge in [0.15, 0.2) is 0 Å². The van der Waals surface area contributed by atoms with Crippen LogP contribution in [0.15, 0.2) is 12.2 Å². The highest BCUT2D eigenvalue weighted by atomic mass is 16.5. The number of rotatable bonds is 68. The molecule has 0 aromatic carbocycles. The average molecular weight is 1100 g/mol. The maximum absolute atomic E-state index is 12.6. The molecule has 6 nitrogen and oxygen atoms in total.